The van der Waals surface area contributed by atoms with Crippen LogP contribution in [-0.4, -0.2) is 26.0 Å². The van der Waals surface area contributed by atoms with Crippen LogP contribution in [0.1, 0.15) is 29.6 Å². The van der Waals surface area contributed by atoms with Crippen LogP contribution >= 0.6 is 0 Å². The lowest BCUT2D eigenvalue weighted by molar-refractivity contribution is -0.116. The number of nitrogens with one attached hydrogen (secondary N) is 2. The van der Waals surface area contributed by atoms with Gasteiger partial charge in [-0.25, -0.2) is 0 Å². The van der Waals surface area contributed by atoms with Crippen molar-refractivity contribution in [2.24, 2.45) is 5.92 Å². The minimum absolute atomic E-state index is 0.0852. The number of benzene rings is 2. The molecule has 0 bridgehead atoms. The molecular weight excluding hydrogens is 356 g/mol. The number of rotatable bonds is 7. The molecule has 2 N–H and O–H groups in total. The number of amides is 2. The lowest BCUT2D eigenvalue weighted by Crippen LogP contribution is -2.16. The molecular formula is C22H24N2O4. The van der Waals surface area contributed by atoms with Crippen molar-refractivity contribution in [3.63, 3.8) is 0 Å². The summed E-state index contributed by atoms with van der Waals surface area (Å²) in [7, 11) is 3.02. The summed E-state index contributed by atoms with van der Waals surface area (Å²) in [5, 5.41) is 5.71. The minimum Gasteiger partial charge on any atom is -0.494 e. The normalized spacial score (nSPS) is 15.1. The van der Waals surface area contributed by atoms with Gasteiger partial charge in [-0.2, -0.15) is 0 Å². The molecule has 6 heteroatoms. The third-order valence-electron chi connectivity index (χ3n) is 4.64. The van der Waals surface area contributed by atoms with E-state index >= 15 is 0 Å². The van der Waals surface area contributed by atoms with Gasteiger partial charge in [0, 0.05) is 24.1 Å². The molecule has 0 saturated carbocycles. The predicted octanol–water partition coefficient (Wildman–Crippen LogP) is 4.25. The molecule has 2 aromatic rings. The Kier molecular flexibility index (Phi) is 6.32. The topological polar surface area (TPSA) is 76.7 Å². The van der Waals surface area contributed by atoms with E-state index in [4.69, 9.17) is 9.47 Å². The average Bonchev–Trinajstić information content (AvgIpc) is 3.22. The Labute approximate surface area is 164 Å². The highest BCUT2D eigenvalue weighted by atomic mass is 16.5. The number of ether oxygens (including phenoxy) is 2. The average molecular weight is 380 g/mol. The third-order valence-corrected chi connectivity index (χ3v) is 4.64. The van der Waals surface area contributed by atoms with Crippen LogP contribution in [0, 0.1) is 5.92 Å². The van der Waals surface area contributed by atoms with E-state index in [9.17, 15) is 9.59 Å². The Morgan fingerprint density at radius 2 is 1.64 bits per heavy atom. The van der Waals surface area contributed by atoms with Gasteiger partial charge in [0.25, 0.3) is 5.91 Å². The van der Waals surface area contributed by atoms with Gasteiger partial charge in [-0.3, -0.25) is 9.59 Å². The first kappa shape index (κ1) is 19.5. The summed E-state index contributed by atoms with van der Waals surface area (Å²) in [6.07, 6.45) is 6.63. The molecule has 0 spiro atoms. The largest absolute Gasteiger partial charge is 0.494 e. The lowest BCUT2D eigenvalue weighted by atomic mass is 10.0. The van der Waals surface area contributed by atoms with Crippen molar-refractivity contribution in [1.82, 2.24) is 0 Å². The van der Waals surface area contributed by atoms with Gasteiger partial charge in [-0.15, -0.1) is 0 Å². The number of carbonyl (C=O) groups excluding carboxylic acids is 2. The number of anilines is 2. The zero-order chi connectivity index (χ0) is 19.9. The minimum atomic E-state index is -0.259. The van der Waals surface area contributed by atoms with Crippen molar-refractivity contribution in [2.45, 2.75) is 19.3 Å². The molecule has 1 atom stereocenters. The molecule has 2 aromatic carbocycles. The summed E-state index contributed by atoms with van der Waals surface area (Å²) in [4.78, 5) is 24.8. The molecule has 28 heavy (non-hydrogen) atoms. The van der Waals surface area contributed by atoms with Gasteiger partial charge < -0.3 is 20.1 Å². The van der Waals surface area contributed by atoms with Gasteiger partial charge >= 0.3 is 0 Å². The molecule has 1 aliphatic rings. The first-order valence-corrected chi connectivity index (χ1v) is 9.19. The second-order valence-corrected chi connectivity index (χ2v) is 6.59. The van der Waals surface area contributed by atoms with Crippen LogP contribution in [0.2, 0.25) is 0 Å². The standard InChI is InChI=1S/C22H24N2O4/c1-27-19-14-18(24-22(26)16-10-4-3-5-11-16)20(28-2)13-17(19)23-21(25)12-15-8-6-7-9-15/h3-6,8,10-11,13-15H,7,9,12H2,1-2H3,(H,23,25)(H,24,26)/t15-/m1/s1. The van der Waals surface area contributed by atoms with Crippen molar-refractivity contribution >= 4 is 23.2 Å². The molecule has 0 fully saturated rings. The molecule has 0 heterocycles. The number of hydrogen-bond acceptors (Lipinski definition) is 4. The van der Waals surface area contributed by atoms with Crippen molar-refractivity contribution in [3.8, 4) is 11.5 Å². The van der Waals surface area contributed by atoms with E-state index in [0.717, 1.165) is 12.8 Å². The lowest BCUT2D eigenvalue weighted by Gasteiger charge is -2.17. The fourth-order valence-corrected chi connectivity index (χ4v) is 3.18. The second kappa shape index (κ2) is 9.08. The highest BCUT2D eigenvalue weighted by Gasteiger charge is 2.18. The molecule has 0 aliphatic heterocycles. The van der Waals surface area contributed by atoms with Crippen molar-refractivity contribution in [1.29, 1.82) is 0 Å². The summed E-state index contributed by atoms with van der Waals surface area (Å²) in [6.45, 7) is 0. The fraction of sp³-hybridized carbons (Fsp3) is 0.273. The maximum atomic E-state index is 12.5. The fourth-order valence-electron chi connectivity index (χ4n) is 3.18. The highest BCUT2D eigenvalue weighted by Crippen LogP contribution is 2.37. The molecule has 3 rings (SSSR count). The Morgan fingerprint density at radius 1 is 1.00 bits per heavy atom. The van der Waals surface area contributed by atoms with Crippen LogP contribution < -0.4 is 20.1 Å². The smallest absolute Gasteiger partial charge is 0.255 e. The summed E-state index contributed by atoms with van der Waals surface area (Å²) in [5.41, 5.74) is 1.50. The summed E-state index contributed by atoms with van der Waals surface area (Å²) in [5.74, 6) is 0.807. The Balaban J connectivity index is 1.78. The van der Waals surface area contributed by atoms with Crippen LogP contribution in [0.4, 0.5) is 11.4 Å². The molecule has 6 nitrogen and oxygen atoms in total. The van der Waals surface area contributed by atoms with Gasteiger partial charge in [0.05, 0.1) is 25.6 Å². The predicted molar refractivity (Wildman–Crippen MR) is 109 cm³/mol. The molecule has 0 saturated heterocycles. The third kappa shape index (κ3) is 4.71. The van der Waals surface area contributed by atoms with Gasteiger partial charge in [0.15, 0.2) is 0 Å². The van der Waals surface area contributed by atoms with Gasteiger partial charge in [-0.1, -0.05) is 30.4 Å². The van der Waals surface area contributed by atoms with Crippen molar-refractivity contribution < 1.29 is 19.1 Å². The second-order valence-electron chi connectivity index (χ2n) is 6.59. The zero-order valence-electron chi connectivity index (χ0n) is 16.0. The summed E-state index contributed by atoms with van der Waals surface area (Å²) < 4.78 is 10.8. The number of carbonyl (C=O) groups is 2. The monoisotopic (exact) mass is 380 g/mol. The van der Waals surface area contributed by atoms with E-state index in [0.29, 0.717) is 34.9 Å². The molecule has 0 radical (unpaired) electrons. The van der Waals surface area contributed by atoms with E-state index in [-0.39, 0.29) is 17.7 Å². The van der Waals surface area contributed by atoms with E-state index in [1.807, 2.05) is 6.07 Å². The van der Waals surface area contributed by atoms with E-state index in [1.165, 1.54) is 14.2 Å². The van der Waals surface area contributed by atoms with Crippen LogP contribution in [0.3, 0.4) is 0 Å². The van der Waals surface area contributed by atoms with Gasteiger partial charge in [0.1, 0.15) is 11.5 Å². The maximum Gasteiger partial charge on any atom is 0.255 e. The first-order chi connectivity index (χ1) is 13.6. The van der Waals surface area contributed by atoms with Crippen molar-refractivity contribution in [3.05, 3.63) is 60.2 Å². The number of allylic oxidation sites excluding steroid dienone is 2. The van der Waals surface area contributed by atoms with E-state index in [1.54, 1.807) is 36.4 Å². The molecule has 0 aromatic heterocycles. The van der Waals surface area contributed by atoms with E-state index < -0.39 is 0 Å². The quantitative estimate of drug-likeness (QED) is 0.704. The summed E-state index contributed by atoms with van der Waals surface area (Å²) in [6, 6.07) is 12.2. The van der Waals surface area contributed by atoms with Crippen LogP contribution in [0.25, 0.3) is 0 Å². The Hall–Kier alpha value is -3.28. The number of methoxy groups -OCH3 is 2. The first-order valence-electron chi connectivity index (χ1n) is 9.19. The molecule has 2 amide bonds. The molecule has 146 valence electrons. The highest BCUT2D eigenvalue weighted by molar-refractivity contribution is 6.05. The van der Waals surface area contributed by atoms with Crippen LogP contribution in [0.5, 0.6) is 11.5 Å². The van der Waals surface area contributed by atoms with Crippen LogP contribution in [-0.2, 0) is 4.79 Å². The maximum absolute atomic E-state index is 12.5. The van der Waals surface area contributed by atoms with Gasteiger partial charge in [-0.05, 0) is 30.9 Å². The Bertz CT molecular complexity index is 878. The summed E-state index contributed by atoms with van der Waals surface area (Å²) >= 11 is 0. The molecule has 1 aliphatic carbocycles. The Morgan fingerprint density at radius 3 is 2.21 bits per heavy atom. The number of hydrogen-bond donors (Lipinski definition) is 2. The SMILES string of the molecule is COc1cc(NC(=O)c2ccccc2)c(OC)cc1NC(=O)C[C@@H]1C=CCC1. The van der Waals surface area contributed by atoms with Gasteiger partial charge in [0.2, 0.25) is 5.91 Å². The van der Waals surface area contributed by atoms with Crippen LogP contribution in [0.15, 0.2) is 54.6 Å². The van der Waals surface area contributed by atoms with E-state index in [2.05, 4.69) is 22.8 Å². The van der Waals surface area contributed by atoms with Crippen molar-refractivity contribution in [2.75, 3.05) is 24.9 Å². The molecule has 0 unspecified atom stereocenters. The zero-order valence-corrected chi connectivity index (χ0v) is 16.0.